The van der Waals surface area contributed by atoms with Crippen LogP contribution in [-0.2, 0) is 4.74 Å². The van der Waals surface area contributed by atoms with E-state index in [2.05, 4.69) is 39.8 Å². The molecular weight excluding hydrogens is 231 g/mol. The average Bonchev–Trinajstić information content (AvgIpc) is 2.27. The van der Waals surface area contributed by atoms with Gasteiger partial charge < -0.3 is 9.47 Å². The van der Waals surface area contributed by atoms with E-state index in [1.54, 1.807) is 7.11 Å². The van der Waals surface area contributed by atoms with Gasteiger partial charge in [0.1, 0.15) is 5.75 Å². The summed E-state index contributed by atoms with van der Waals surface area (Å²) in [6, 6.07) is 8.34. The maximum Gasteiger partial charge on any atom is 0.188 e. The molecule has 3 heteroatoms. The quantitative estimate of drug-likeness (QED) is 0.570. The van der Waals surface area contributed by atoms with Crippen molar-refractivity contribution < 1.29 is 9.47 Å². The van der Waals surface area contributed by atoms with E-state index in [0.717, 1.165) is 5.75 Å². The molecule has 0 aliphatic rings. The highest BCUT2D eigenvalue weighted by atomic mass is 31.1. The lowest BCUT2D eigenvalue weighted by molar-refractivity contribution is 0.0519. The minimum Gasteiger partial charge on any atom is -0.467 e. The Morgan fingerprint density at radius 1 is 1.06 bits per heavy atom. The lowest BCUT2D eigenvalue weighted by Gasteiger charge is -2.27. The first-order chi connectivity index (χ1) is 8.07. The minimum absolute atomic E-state index is 0.192. The van der Waals surface area contributed by atoms with Gasteiger partial charge in [-0.25, -0.2) is 0 Å². The Balaban J connectivity index is 3.00. The molecule has 1 aromatic rings. The Bertz CT molecular complexity index is 329. The van der Waals surface area contributed by atoms with E-state index in [4.69, 9.17) is 9.47 Å². The molecule has 2 nitrogen and oxygen atoms in total. The Morgan fingerprint density at radius 2 is 1.65 bits per heavy atom. The summed E-state index contributed by atoms with van der Waals surface area (Å²) >= 11 is 0. The second-order valence-corrected chi connectivity index (χ2v) is 7.98. The van der Waals surface area contributed by atoms with E-state index in [9.17, 15) is 0 Å². The summed E-state index contributed by atoms with van der Waals surface area (Å²) in [5.74, 6) is 0.975. The molecule has 0 amide bonds. The summed E-state index contributed by atoms with van der Waals surface area (Å²) < 4.78 is 10.6. The van der Waals surface area contributed by atoms with Gasteiger partial charge in [-0.15, -0.1) is 0 Å². The minimum atomic E-state index is -0.192. The third kappa shape index (κ3) is 3.97. The SMILES string of the molecule is COCOc1ccccc1P(C(C)C)C(C)C. The fourth-order valence-corrected chi connectivity index (χ4v) is 5.02. The highest BCUT2D eigenvalue weighted by Crippen LogP contribution is 2.46. The average molecular weight is 254 g/mol. The van der Waals surface area contributed by atoms with Crippen LogP contribution >= 0.6 is 7.92 Å². The van der Waals surface area contributed by atoms with E-state index in [1.165, 1.54) is 5.30 Å². The number of benzene rings is 1. The molecule has 0 atom stereocenters. The molecule has 0 aliphatic heterocycles. The second kappa shape index (κ2) is 6.98. The Hall–Kier alpha value is -0.590. The summed E-state index contributed by atoms with van der Waals surface area (Å²) in [5.41, 5.74) is 1.33. The molecule has 0 spiro atoms. The molecule has 0 fully saturated rings. The first kappa shape index (κ1) is 14.5. The lowest BCUT2D eigenvalue weighted by Crippen LogP contribution is -2.18. The first-order valence-electron chi connectivity index (χ1n) is 6.07. The number of para-hydroxylation sites is 1. The van der Waals surface area contributed by atoms with Crippen LogP contribution in [0.15, 0.2) is 24.3 Å². The molecule has 0 aliphatic carbocycles. The molecule has 0 heterocycles. The number of hydrogen-bond acceptors (Lipinski definition) is 2. The van der Waals surface area contributed by atoms with Crippen molar-refractivity contribution in [3.63, 3.8) is 0 Å². The molecule has 0 saturated carbocycles. The predicted molar refractivity (Wildman–Crippen MR) is 75.8 cm³/mol. The van der Waals surface area contributed by atoms with Crippen molar-refractivity contribution in [3.05, 3.63) is 24.3 Å². The molecule has 0 unspecified atom stereocenters. The molecular formula is C14H23O2P. The monoisotopic (exact) mass is 254 g/mol. The van der Waals surface area contributed by atoms with Crippen molar-refractivity contribution in [2.45, 2.75) is 39.0 Å². The summed E-state index contributed by atoms with van der Waals surface area (Å²) in [5, 5.41) is 1.35. The first-order valence-corrected chi connectivity index (χ1v) is 7.55. The van der Waals surface area contributed by atoms with Gasteiger partial charge in [-0.05, 0) is 17.4 Å². The summed E-state index contributed by atoms with van der Waals surface area (Å²) in [6.07, 6.45) is 0. The predicted octanol–water partition coefficient (Wildman–Crippen LogP) is 3.59. The fraction of sp³-hybridized carbons (Fsp3) is 0.571. The number of ether oxygens (including phenoxy) is 2. The van der Waals surface area contributed by atoms with E-state index < -0.39 is 0 Å². The molecule has 0 radical (unpaired) electrons. The van der Waals surface area contributed by atoms with Crippen LogP contribution < -0.4 is 10.0 Å². The van der Waals surface area contributed by atoms with Gasteiger partial charge in [0.15, 0.2) is 6.79 Å². The largest absolute Gasteiger partial charge is 0.467 e. The third-order valence-corrected chi connectivity index (χ3v) is 5.74. The smallest absolute Gasteiger partial charge is 0.188 e. The van der Waals surface area contributed by atoms with Gasteiger partial charge in [-0.3, -0.25) is 0 Å². The zero-order chi connectivity index (χ0) is 12.8. The van der Waals surface area contributed by atoms with E-state index in [0.29, 0.717) is 18.1 Å². The zero-order valence-corrected chi connectivity index (χ0v) is 12.3. The van der Waals surface area contributed by atoms with Crippen LogP contribution in [0.2, 0.25) is 0 Å². The third-order valence-electron chi connectivity index (χ3n) is 2.59. The van der Waals surface area contributed by atoms with Crippen LogP contribution in [-0.4, -0.2) is 25.2 Å². The van der Waals surface area contributed by atoms with Gasteiger partial charge in [0.2, 0.25) is 0 Å². The summed E-state index contributed by atoms with van der Waals surface area (Å²) in [6.45, 7) is 9.48. The van der Waals surface area contributed by atoms with Gasteiger partial charge in [0, 0.05) is 12.4 Å². The maximum absolute atomic E-state index is 5.66. The van der Waals surface area contributed by atoms with Gasteiger partial charge in [-0.2, -0.15) is 0 Å². The van der Waals surface area contributed by atoms with Gasteiger partial charge in [0.25, 0.3) is 0 Å². The van der Waals surface area contributed by atoms with Gasteiger partial charge >= 0.3 is 0 Å². The van der Waals surface area contributed by atoms with Crippen molar-refractivity contribution in [1.82, 2.24) is 0 Å². The maximum atomic E-state index is 5.66. The molecule has 0 saturated heterocycles. The topological polar surface area (TPSA) is 18.5 Å². The number of methoxy groups -OCH3 is 1. The zero-order valence-electron chi connectivity index (χ0n) is 11.4. The van der Waals surface area contributed by atoms with Gasteiger partial charge in [0.05, 0.1) is 0 Å². The Kier molecular flexibility index (Phi) is 5.94. The van der Waals surface area contributed by atoms with Crippen molar-refractivity contribution in [1.29, 1.82) is 0 Å². The van der Waals surface area contributed by atoms with Crippen LogP contribution in [0.1, 0.15) is 27.7 Å². The molecule has 1 aromatic carbocycles. The lowest BCUT2D eigenvalue weighted by atomic mass is 10.3. The molecule has 96 valence electrons. The fourth-order valence-electron chi connectivity index (χ4n) is 2.07. The van der Waals surface area contributed by atoms with E-state index in [1.807, 2.05) is 12.1 Å². The van der Waals surface area contributed by atoms with Crippen molar-refractivity contribution in [2.75, 3.05) is 13.9 Å². The van der Waals surface area contributed by atoms with Gasteiger partial charge in [-0.1, -0.05) is 53.8 Å². The molecule has 0 N–H and O–H groups in total. The molecule has 0 bridgehead atoms. The summed E-state index contributed by atoms with van der Waals surface area (Å²) in [4.78, 5) is 0. The highest BCUT2D eigenvalue weighted by molar-refractivity contribution is 7.67. The van der Waals surface area contributed by atoms with Crippen LogP contribution in [0.3, 0.4) is 0 Å². The summed E-state index contributed by atoms with van der Waals surface area (Å²) in [7, 11) is 1.46. The second-order valence-electron chi connectivity index (χ2n) is 4.61. The normalized spacial score (nSPS) is 11.5. The van der Waals surface area contributed by atoms with Crippen LogP contribution in [0.5, 0.6) is 5.75 Å². The van der Waals surface area contributed by atoms with Crippen molar-refractivity contribution in [2.24, 2.45) is 0 Å². The number of rotatable bonds is 6. The molecule has 0 aromatic heterocycles. The standard InChI is InChI=1S/C14H23O2P/c1-11(2)17(12(3)4)14-9-7-6-8-13(14)16-10-15-5/h6-9,11-12H,10H2,1-5H3. The van der Waals surface area contributed by atoms with E-state index in [-0.39, 0.29) is 7.92 Å². The van der Waals surface area contributed by atoms with E-state index >= 15 is 0 Å². The number of hydrogen-bond donors (Lipinski definition) is 0. The van der Waals surface area contributed by atoms with Crippen molar-refractivity contribution >= 4 is 13.2 Å². The highest BCUT2D eigenvalue weighted by Gasteiger charge is 2.22. The Labute approximate surface area is 106 Å². The molecule has 17 heavy (non-hydrogen) atoms. The van der Waals surface area contributed by atoms with Crippen LogP contribution in [0.4, 0.5) is 0 Å². The Morgan fingerprint density at radius 3 is 2.18 bits per heavy atom. The molecule has 1 rings (SSSR count). The van der Waals surface area contributed by atoms with Crippen LogP contribution in [0, 0.1) is 0 Å². The van der Waals surface area contributed by atoms with Crippen LogP contribution in [0.25, 0.3) is 0 Å². The van der Waals surface area contributed by atoms with Crippen molar-refractivity contribution in [3.8, 4) is 5.75 Å².